The van der Waals surface area contributed by atoms with Crippen LogP contribution in [0.5, 0.6) is 0 Å². The number of nitrogens with one attached hydrogen (secondary N) is 1. The first kappa shape index (κ1) is 13.4. The standard InChI is InChI=1S/C10H20N2OS/c1-5-6-10(3,4)12-9(13)7(2)8(11)14/h7H,5-6H2,1-4H3,(H2,11,14)(H,12,13). The third-order valence-corrected chi connectivity index (χ3v) is 2.51. The first-order chi connectivity index (χ1) is 6.30. The molecule has 0 aromatic rings. The van der Waals surface area contributed by atoms with E-state index < -0.39 is 0 Å². The Morgan fingerprint density at radius 2 is 2.07 bits per heavy atom. The smallest absolute Gasteiger partial charge is 0.230 e. The predicted octanol–water partition coefficient (Wildman–Crippen LogP) is 1.60. The van der Waals surface area contributed by atoms with Crippen molar-refractivity contribution in [2.45, 2.75) is 46.1 Å². The number of amides is 1. The van der Waals surface area contributed by atoms with Crippen LogP contribution in [-0.4, -0.2) is 16.4 Å². The molecule has 3 N–H and O–H groups in total. The van der Waals surface area contributed by atoms with Crippen LogP contribution < -0.4 is 11.1 Å². The summed E-state index contributed by atoms with van der Waals surface area (Å²) in [5.41, 5.74) is 5.22. The van der Waals surface area contributed by atoms with Crippen molar-refractivity contribution >= 4 is 23.1 Å². The topological polar surface area (TPSA) is 55.1 Å². The van der Waals surface area contributed by atoms with Gasteiger partial charge in [0.05, 0.1) is 10.9 Å². The second-order valence-electron chi connectivity index (χ2n) is 4.25. The average Bonchev–Trinajstić information content (AvgIpc) is 2.01. The number of hydrogen-bond acceptors (Lipinski definition) is 2. The van der Waals surface area contributed by atoms with E-state index in [0.29, 0.717) is 0 Å². The second-order valence-corrected chi connectivity index (χ2v) is 4.72. The van der Waals surface area contributed by atoms with Crippen molar-refractivity contribution in [3.05, 3.63) is 0 Å². The maximum atomic E-state index is 11.6. The van der Waals surface area contributed by atoms with E-state index in [-0.39, 0.29) is 22.4 Å². The van der Waals surface area contributed by atoms with Crippen LogP contribution in [0.25, 0.3) is 0 Å². The van der Waals surface area contributed by atoms with E-state index >= 15 is 0 Å². The molecule has 0 aromatic heterocycles. The van der Waals surface area contributed by atoms with Gasteiger partial charge in [-0.15, -0.1) is 0 Å². The van der Waals surface area contributed by atoms with Gasteiger partial charge in [-0.2, -0.15) is 0 Å². The number of thiocarbonyl (C=S) groups is 1. The molecule has 0 saturated carbocycles. The molecular formula is C10H20N2OS. The maximum absolute atomic E-state index is 11.6. The number of nitrogens with two attached hydrogens (primary N) is 1. The minimum atomic E-state index is -0.388. The lowest BCUT2D eigenvalue weighted by atomic mass is 9.97. The van der Waals surface area contributed by atoms with Gasteiger partial charge in [0.15, 0.2) is 0 Å². The summed E-state index contributed by atoms with van der Waals surface area (Å²) in [4.78, 5) is 11.8. The summed E-state index contributed by atoms with van der Waals surface area (Å²) in [5.74, 6) is -0.475. The van der Waals surface area contributed by atoms with Crippen molar-refractivity contribution in [2.75, 3.05) is 0 Å². The lowest BCUT2D eigenvalue weighted by molar-refractivity contribution is -0.124. The molecular weight excluding hydrogens is 196 g/mol. The van der Waals surface area contributed by atoms with Crippen LogP contribution in [-0.2, 0) is 4.79 Å². The summed E-state index contributed by atoms with van der Waals surface area (Å²) in [6.45, 7) is 7.81. The van der Waals surface area contributed by atoms with Crippen LogP contribution in [0.2, 0.25) is 0 Å². The van der Waals surface area contributed by atoms with Crippen LogP contribution in [0.3, 0.4) is 0 Å². The van der Waals surface area contributed by atoms with Crippen molar-refractivity contribution in [2.24, 2.45) is 11.7 Å². The molecule has 0 saturated heterocycles. The number of carbonyl (C=O) groups excluding carboxylic acids is 1. The van der Waals surface area contributed by atoms with Gasteiger partial charge >= 0.3 is 0 Å². The van der Waals surface area contributed by atoms with Gasteiger partial charge in [0.25, 0.3) is 0 Å². The molecule has 0 aliphatic carbocycles. The van der Waals surface area contributed by atoms with Crippen molar-refractivity contribution in [1.82, 2.24) is 5.32 Å². The summed E-state index contributed by atoms with van der Waals surface area (Å²) >= 11 is 4.77. The molecule has 0 bridgehead atoms. The summed E-state index contributed by atoms with van der Waals surface area (Å²) in [7, 11) is 0. The van der Waals surface area contributed by atoms with Crippen LogP contribution in [0.15, 0.2) is 0 Å². The van der Waals surface area contributed by atoms with Gasteiger partial charge in [0.1, 0.15) is 0 Å². The lowest BCUT2D eigenvalue weighted by Crippen LogP contribution is -2.47. The molecule has 0 heterocycles. The number of rotatable bonds is 5. The molecule has 0 radical (unpaired) electrons. The molecule has 82 valence electrons. The first-order valence-electron chi connectivity index (χ1n) is 4.91. The third kappa shape index (κ3) is 4.56. The highest BCUT2D eigenvalue weighted by molar-refractivity contribution is 7.80. The summed E-state index contributed by atoms with van der Waals surface area (Å²) in [6.07, 6.45) is 1.98. The van der Waals surface area contributed by atoms with Crippen molar-refractivity contribution in [1.29, 1.82) is 0 Å². The quantitative estimate of drug-likeness (QED) is 0.686. The van der Waals surface area contributed by atoms with Crippen LogP contribution in [0.4, 0.5) is 0 Å². The number of hydrogen-bond donors (Lipinski definition) is 2. The Labute approximate surface area is 91.4 Å². The second kappa shape index (κ2) is 5.29. The Morgan fingerprint density at radius 1 is 1.57 bits per heavy atom. The minimum Gasteiger partial charge on any atom is -0.393 e. The molecule has 0 fully saturated rings. The Kier molecular flexibility index (Phi) is 5.05. The number of carbonyl (C=O) groups is 1. The fourth-order valence-electron chi connectivity index (χ4n) is 1.26. The molecule has 0 spiro atoms. The van der Waals surface area contributed by atoms with E-state index in [4.69, 9.17) is 18.0 Å². The summed E-state index contributed by atoms with van der Waals surface area (Å²) < 4.78 is 0. The van der Waals surface area contributed by atoms with Crippen molar-refractivity contribution in [3.63, 3.8) is 0 Å². The molecule has 0 aliphatic heterocycles. The highest BCUT2D eigenvalue weighted by Gasteiger charge is 2.23. The van der Waals surface area contributed by atoms with Crippen LogP contribution >= 0.6 is 12.2 Å². The van der Waals surface area contributed by atoms with E-state index in [1.54, 1.807) is 6.92 Å². The molecule has 0 aliphatic rings. The van der Waals surface area contributed by atoms with E-state index in [0.717, 1.165) is 12.8 Å². The van der Waals surface area contributed by atoms with Crippen LogP contribution in [0, 0.1) is 5.92 Å². The van der Waals surface area contributed by atoms with E-state index in [9.17, 15) is 4.79 Å². The average molecular weight is 216 g/mol. The van der Waals surface area contributed by atoms with E-state index in [1.165, 1.54) is 0 Å². The third-order valence-electron chi connectivity index (χ3n) is 2.16. The zero-order valence-electron chi connectivity index (χ0n) is 9.39. The highest BCUT2D eigenvalue weighted by atomic mass is 32.1. The summed E-state index contributed by atoms with van der Waals surface area (Å²) in [5, 5.41) is 2.93. The monoisotopic (exact) mass is 216 g/mol. The Morgan fingerprint density at radius 3 is 2.43 bits per heavy atom. The fourth-order valence-corrected chi connectivity index (χ4v) is 1.37. The molecule has 0 aromatic carbocycles. The van der Waals surface area contributed by atoms with Crippen LogP contribution in [0.1, 0.15) is 40.5 Å². The molecule has 1 unspecified atom stereocenters. The van der Waals surface area contributed by atoms with E-state index in [2.05, 4.69) is 12.2 Å². The molecule has 4 heteroatoms. The highest BCUT2D eigenvalue weighted by Crippen LogP contribution is 2.11. The van der Waals surface area contributed by atoms with Gasteiger partial charge in [-0.3, -0.25) is 4.79 Å². The molecule has 14 heavy (non-hydrogen) atoms. The zero-order chi connectivity index (χ0) is 11.4. The Bertz CT molecular complexity index is 226. The van der Waals surface area contributed by atoms with Crippen molar-refractivity contribution in [3.8, 4) is 0 Å². The van der Waals surface area contributed by atoms with Gasteiger partial charge in [-0.25, -0.2) is 0 Å². The molecule has 0 rings (SSSR count). The van der Waals surface area contributed by atoms with Gasteiger partial charge in [-0.05, 0) is 27.2 Å². The largest absolute Gasteiger partial charge is 0.393 e. The zero-order valence-corrected chi connectivity index (χ0v) is 10.2. The Hall–Kier alpha value is -0.640. The Balaban J connectivity index is 4.24. The van der Waals surface area contributed by atoms with Crippen molar-refractivity contribution < 1.29 is 4.79 Å². The first-order valence-corrected chi connectivity index (χ1v) is 5.32. The minimum absolute atomic E-state index is 0.0871. The maximum Gasteiger partial charge on any atom is 0.230 e. The normalized spacial score (nSPS) is 13.4. The summed E-state index contributed by atoms with van der Waals surface area (Å²) in [6, 6.07) is 0. The lowest BCUT2D eigenvalue weighted by Gasteiger charge is -2.27. The van der Waals surface area contributed by atoms with Gasteiger partial charge in [0, 0.05) is 5.54 Å². The molecule has 1 atom stereocenters. The molecule has 3 nitrogen and oxygen atoms in total. The van der Waals surface area contributed by atoms with E-state index in [1.807, 2.05) is 13.8 Å². The van der Waals surface area contributed by atoms with Gasteiger partial charge < -0.3 is 11.1 Å². The predicted molar refractivity (Wildman–Crippen MR) is 63.1 cm³/mol. The fraction of sp³-hybridized carbons (Fsp3) is 0.800. The molecule has 1 amide bonds. The van der Waals surface area contributed by atoms with Gasteiger partial charge in [0.2, 0.25) is 5.91 Å². The SMILES string of the molecule is CCCC(C)(C)NC(=O)C(C)C(N)=S. The van der Waals surface area contributed by atoms with Gasteiger partial charge in [-0.1, -0.05) is 25.6 Å².